The van der Waals surface area contributed by atoms with E-state index in [4.69, 9.17) is 9.57 Å². The highest BCUT2D eigenvalue weighted by molar-refractivity contribution is 6.40. The number of rotatable bonds is 8. The Morgan fingerprint density at radius 1 is 1.17 bits per heavy atom. The molecule has 30 heavy (non-hydrogen) atoms. The van der Waals surface area contributed by atoms with Gasteiger partial charge in [-0.1, -0.05) is 24.2 Å². The SMILES string of the molecule is CCC(=N/N=C(C)\C(C)=N\OC(C)C)OCc1c(C)cccc1-n1nnn(C)c1=O. The molecule has 10 heteroatoms. The van der Waals surface area contributed by atoms with Crippen molar-refractivity contribution in [1.82, 2.24) is 19.8 Å². The lowest BCUT2D eigenvalue weighted by Gasteiger charge is -2.13. The maximum absolute atomic E-state index is 12.3. The standard InChI is InChI=1S/C20H29N7O3/c1-8-19(22-21-15(5)16(6)23-30-13(2)3)29-12-17-14(4)10-9-11-18(17)27-20(28)26(7)24-25-27/h9-11,13H,8,12H2,1-7H3/b21-15-,22-19?,23-16+. The predicted octanol–water partition coefficient (Wildman–Crippen LogP) is 2.78. The largest absolute Gasteiger partial charge is 0.475 e. The van der Waals surface area contributed by atoms with Crippen LogP contribution in [0.15, 0.2) is 38.4 Å². The van der Waals surface area contributed by atoms with Crippen molar-refractivity contribution in [2.45, 2.75) is 60.7 Å². The van der Waals surface area contributed by atoms with E-state index in [9.17, 15) is 4.79 Å². The molecule has 0 bridgehead atoms. The van der Waals surface area contributed by atoms with Crippen LogP contribution in [0.5, 0.6) is 0 Å². The van der Waals surface area contributed by atoms with E-state index in [2.05, 4.69) is 25.8 Å². The third-order valence-electron chi connectivity index (χ3n) is 4.26. The van der Waals surface area contributed by atoms with Crippen LogP contribution in [0.4, 0.5) is 0 Å². The summed E-state index contributed by atoms with van der Waals surface area (Å²) in [5, 5.41) is 20.1. The van der Waals surface area contributed by atoms with Crippen molar-refractivity contribution in [3.63, 3.8) is 0 Å². The number of hydrogen-bond donors (Lipinski definition) is 0. The molecule has 0 amide bonds. The maximum Gasteiger partial charge on any atom is 0.368 e. The molecule has 0 saturated heterocycles. The molecule has 0 spiro atoms. The number of nitrogens with zero attached hydrogens (tertiary/aromatic N) is 7. The van der Waals surface area contributed by atoms with E-state index in [-0.39, 0.29) is 18.4 Å². The number of aryl methyl sites for hydroxylation is 2. The third-order valence-corrected chi connectivity index (χ3v) is 4.26. The van der Waals surface area contributed by atoms with Crippen molar-refractivity contribution in [2.75, 3.05) is 0 Å². The van der Waals surface area contributed by atoms with Crippen LogP contribution in [0.3, 0.4) is 0 Å². The number of hydrogen-bond acceptors (Lipinski definition) is 8. The van der Waals surface area contributed by atoms with Crippen molar-refractivity contribution in [3.05, 3.63) is 39.8 Å². The molecule has 162 valence electrons. The summed E-state index contributed by atoms with van der Waals surface area (Å²) in [5.74, 6) is 0.465. The molecule has 0 fully saturated rings. The summed E-state index contributed by atoms with van der Waals surface area (Å²) in [6.07, 6.45) is 0.554. The molecular weight excluding hydrogens is 386 g/mol. The van der Waals surface area contributed by atoms with E-state index >= 15 is 0 Å². The molecule has 0 saturated carbocycles. The van der Waals surface area contributed by atoms with E-state index in [1.807, 2.05) is 39.8 Å². The Bertz CT molecular complexity index is 1020. The van der Waals surface area contributed by atoms with Gasteiger partial charge in [-0.15, -0.1) is 5.10 Å². The Hall–Kier alpha value is -3.30. The van der Waals surface area contributed by atoms with Crippen LogP contribution in [0.25, 0.3) is 5.69 Å². The second kappa shape index (κ2) is 10.5. The van der Waals surface area contributed by atoms with Crippen LogP contribution >= 0.6 is 0 Å². The van der Waals surface area contributed by atoms with Gasteiger partial charge in [-0.05, 0) is 56.7 Å². The second-order valence-electron chi connectivity index (χ2n) is 7.02. The minimum atomic E-state index is -0.329. The first kappa shape index (κ1) is 23.0. The van der Waals surface area contributed by atoms with Gasteiger partial charge in [0.15, 0.2) is 0 Å². The van der Waals surface area contributed by atoms with Gasteiger partial charge in [0.2, 0.25) is 5.90 Å². The number of oxime groups is 1. The summed E-state index contributed by atoms with van der Waals surface area (Å²) in [5.41, 5.74) is 3.36. The molecular formula is C20H29N7O3. The summed E-state index contributed by atoms with van der Waals surface area (Å²) in [4.78, 5) is 17.5. The zero-order valence-electron chi connectivity index (χ0n) is 18.6. The lowest BCUT2D eigenvalue weighted by atomic mass is 10.1. The summed E-state index contributed by atoms with van der Waals surface area (Å²) < 4.78 is 8.33. The molecule has 0 unspecified atom stereocenters. The van der Waals surface area contributed by atoms with Gasteiger partial charge in [0.25, 0.3) is 0 Å². The van der Waals surface area contributed by atoms with Gasteiger partial charge >= 0.3 is 5.69 Å². The molecule has 2 rings (SSSR count). The molecule has 0 radical (unpaired) electrons. The predicted molar refractivity (Wildman–Crippen MR) is 116 cm³/mol. The minimum absolute atomic E-state index is 0.00379. The zero-order valence-corrected chi connectivity index (χ0v) is 18.6. The van der Waals surface area contributed by atoms with E-state index in [1.54, 1.807) is 27.0 Å². The number of tetrazole rings is 1. The van der Waals surface area contributed by atoms with Gasteiger partial charge in [-0.2, -0.15) is 14.5 Å². The Morgan fingerprint density at radius 2 is 1.90 bits per heavy atom. The Labute approximate surface area is 175 Å². The fraction of sp³-hybridized carbons (Fsp3) is 0.500. The highest BCUT2D eigenvalue weighted by Crippen LogP contribution is 2.18. The van der Waals surface area contributed by atoms with Crippen molar-refractivity contribution in [1.29, 1.82) is 0 Å². The van der Waals surface area contributed by atoms with Gasteiger partial charge in [0, 0.05) is 19.0 Å². The average Bonchev–Trinajstić information content (AvgIpc) is 3.05. The molecule has 0 aliphatic rings. The van der Waals surface area contributed by atoms with Crippen LogP contribution in [0, 0.1) is 6.92 Å². The number of aromatic nitrogens is 4. The first-order valence-electron chi connectivity index (χ1n) is 9.77. The molecule has 0 atom stereocenters. The van der Waals surface area contributed by atoms with Crippen molar-refractivity contribution < 1.29 is 9.57 Å². The van der Waals surface area contributed by atoms with Crippen LogP contribution in [0.2, 0.25) is 0 Å². The van der Waals surface area contributed by atoms with Crippen LogP contribution in [0.1, 0.15) is 52.2 Å². The molecule has 1 heterocycles. The molecule has 0 aliphatic carbocycles. The first-order chi connectivity index (χ1) is 14.2. The number of ether oxygens (including phenoxy) is 1. The zero-order chi connectivity index (χ0) is 22.3. The quantitative estimate of drug-likeness (QED) is 0.374. The average molecular weight is 415 g/mol. The lowest BCUT2D eigenvalue weighted by molar-refractivity contribution is 0.0863. The Kier molecular flexibility index (Phi) is 8.02. The smallest absolute Gasteiger partial charge is 0.368 e. The molecule has 10 nitrogen and oxygen atoms in total. The monoisotopic (exact) mass is 415 g/mol. The van der Waals surface area contributed by atoms with Gasteiger partial charge in [0.05, 0.1) is 17.1 Å². The molecule has 0 N–H and O–H groups in total. The Morgan fingerprint density at radius 3 is 2.50 bits per heavy atom. The molecule has 0 aliphatic heterocycles. The fourth-order valence-electron chi connectivity index (χ4n) is 2.35. The first-order valence-corrected chi connectivity index (χ1v) is 9.77. The van der Waals surface area contributed by atoms with Crippen molar-refractivity contribution in [2.24, 2.45) is 22.4 Å². The van der Waals surface area contributed by atoms with Crippen molar-refractivity contribution in [3.8, 4) is 5.69 Å². The minimum Gasteiger partial charge on any atom is -0.475 e. The summed E-state index contributed by atoms with van der Waals surface area (Å²) in [6.45, 7) is 11.5. The summed E-state index contributed by atoms with van der Waals surface area (Å²) in [7, 11) is 1.55. The second-order valence-corrected chi connectivity index (χ2v) is 7.02. The maximum atomic E-state index is 12.3. The van der Waals surface area contributed by atoms with E-state index in [0.717, 1.165) is 11.1 Å². The van der Waals surface area contributed by atoms with Gasteiger partial charge in [-0.3, -0.25) is 0 Å². The van der Waals surface area contributed by atoms with Crippen LogP contribution in [-0.2, 0) is 23.2 Å². The highest BCUT2D eigenvalue weighted by Gasteiger charge is 2.14. The normalized spacial score (nSPS) is 13.1. The lowest BCUT2D eigenvalue weighted by Crippen LogP contribution is -2.23. The Balaban J connectivity index is 2.22. The van der Waals surface area contributed by atoms with E-state index in [0.29, 0.717) is 29.4 Å². The van der Waals surface area contributed by atoms with Crippen molar-refractivity contribution >= 4 is 17.3 Å². The van der Waals surface area contributed by atoms with Gasteiger partial charge < -0.3 is 9.57 Å². The number of benzene rings is 1. The van der Waals surface area contributed by atoms with Gasteiger partial charge in [0.1, 0.15) is 12.7 Å². The highest BCUT2D eigenvalue weighted by atomic mass is 16.6. The summed E-state index contributed by atoms with van der Waals surface area (Å²) >= 11 is 0. The molecule has 2 aromatic rings. The van der Waals surface area contributed by atoms with Crippen LogP contribution in [-0.4, -0.2) is 43.2 Å². The van der Waals surface area contributed by atoms with Crippen LogP contribution < -0.4 is 5.69 Å². The molecule has 1 aromatic carbocycles. The van der Waals surface area contributed by atoms with Gasteiger partial charge in [-0.25, -0.2) is 4.79 Å². The topological polar surface area (TPSA) is 108 Å². The van der Waals surface area contributed by atoms with E-state index < -0.39 is 0 Å². The molecule has 1 aromatic heterocycles. The third kappa shape index (κ3) is 5.85. The fourth-order valence-corrected chi connectivity index (χ4v) is 2.35. The van der Waals surface area contributed by atoms with E-state index in [1.165, 1.54) is 9.36 Å². The summed E-state index contributed by atoms with van der Waals surface area (Å²) in [6, 6.07) is 5.61.